The van der Waals surface area contributed by atoms with E-state index in [1.54, 1.807) is 18.2 Å². The molecule has 1 aromatic carbocycles. The molecule has 2 heteroatoms. The third kappa shape index (κ3) is 3.03. The first-order chi connectivity index (χ1) is 9.04. The van der Waals surface area contributed by atoms with Crippen molar-refractivity contribution < 1.29 is 5.11 Å². The number of aliphatic hydroxyl groups is 1. The predicted molar refractivity (Wildman–Crippen MR) is 81.7 cm³/mol. The summed E-state index contributed by atoms with van der Waals surface area (Å²) in [5, 5.41) is 11.2. The molecule has 0 aliphatic rings. The minimum absolute atomic E-state index is 0.384. The van der Waals surface area contributed by atoms with Crippen molar-refractivity contribution in [3.63, 3.8) is 0 Å². The summed E-state index contributed by atoms with van der Waals surface area (Å²) in [6, 6.07) is 9.48. The predicted octanol–water partition coefficient (Wildman–Crippen LogP) is 3.30. The minimum Gasteiger partial charge on any atom is -0.383 e. The summed E-state index contributed by atoms with van der Waals surface area (Å²) in [5.41, 5.74) is 5.24. The van der Waals surface area contributed by atoms with Crippen molar-refractivity contribution in [2.75, 3.05) is 0 Å². The van der Waals surface area contributed by atoms with Gasteiger partial charge < -0.3 is 10.8 Å². The van der Waals surface area contributed by atoms with E-state index in [2.05, 4.69) is 19.7 Å². The van der Waals surface area contributed by atoms with E-state index in [4.69, 9.17) is 5.73 Å². The highest BCUT2D eigenvalue weighted by Gasteiger charge is 2.46. The molecule has 0 amide bonds. The molecule has 0 aromatic heterocycles. The largest absolute Gasteiger partial charge is 0.383 e. The van der Waals surface area contributed by atoms with Gasteiger partial charge >= 0.3 is 0 Å². The van der Waals surface area contributed by atoms with E-state index in [9.17, 15) is 5.11 Å². The van der Waals surface area contributed by atoms with Crippen LogP contribution in [0.3, 0.4) is 0 Å². The normalized spacial score (nSPS) is 14.4. The van der Waals surface area contributed by atoms with Crippen LogP contribution >= 0.6 is 0 Å². The van der Waals surface area contributed by atoms with E-state index < -0.39 is 11.1 Å². The molecule has 0 aliphatic heterocycles. The zero-order chi connectivity index (χ0) is 14.4. The lowest BCUT2D eigenvalue weighted by atomic mass is 9.70. The van der Waals surface area contributed by atoms with Gasteiger partial charge in [0, 0.05) is 0 Å². The maximum atomic E-state index is 11.2. The summed E-state index contributed by atoms with van der Waals surface area (Å²) >= 11 is 0. The van der Waals surface area contributed by atoms with E-state index >= 15 is 0 Å². The van der Waals surface area contributed by atoms with Crippen LogP contribution in [0, 0.1) is 0 Å². The number of hydrogen-bond donors (Lipinski definition) is 2. The zero-order valence-corrected chi connectivity index (χ0v) is 11.4. The lowest BCUT2D eigenvalue weighted by Crippen LogP contribution is -2.57. The van der Waals surface area contributed by atoms with Gasteiger partial charge in [0.25, 0.3) is 0 Å². The standard InChI is InChI=1S/C17H23NO/c1-4-12-16(18,13-5-2)17(19,14-6-3)15-10-8-7-9-11-15/h4-11,19H,1-3,12-14,18H2. The Kier molecular flexibility index (Phi) is 5.28. The van der Waals surface area contributed by atoms with Gasteiger partial charge in [-0.05, 0) is 24.8 Å². The summed E-state index contributed by atoms with van der Waals surface area (Å²) in [7, 11) is 0. The molecular formula is C17H23NO. The highest BCUT2D eigenvalue weighted by molar-refractivity contribution is 5.29. The minimum atomic E-state index is -1.18. The fraction of sp³-hybridized carbons (Fsp3) is 0.294. The molecule has 0 aliphatic carbocycles. The summed E-state index contributed by atoms with van der Waals surface area (Å²) in [6.45, 7) is 11.2. The molecule has 19 heavy (non-hydrogen) atoms. The monoisotopic (exact) mass is 257 g/mol. The Labute approximate surface area is 116 Å². The van der Waals surface area contributed by atoms with Crippen molar-refractivity contribution in [1.29, 1.82) is 0 Å². The molecule has 1 atom stereocenters. The van der Waals surface area contributed by atoms with Gasteiger partial charge in [-0.2, -0.15) is 0 Å². The van der Waals surface area contributed by atoms with E-state index in [1.165, 1.54) is 0 Å². The second kappa shape index (κ2) is 6.50. The summed E-state index contributed by atoms with van der Waals surface area (Å²) in [5.74, 6) is 0. The van der Waals surface area contributed by atoms with Gasteiger partial charge in [-0.15, -0.1) is 19.7 Å². The van der Waals surface area contributed by atoms with Gasteiger partial charge in [-0.1, -0.05) is 48.6 Å². The second-order valence-electron chi connectivity index (χ2n) is 4.86. The number of benzene rings is 1. The van der Waals surface area contributed by atoms with Gasteiger partial charge in [-0.3, -0.25) is 0 Å². The second-order valence-corrected chi connectivity index (χ2v) is 4.86. The lowest BCUT2D eigenvalue weighted by molar-refractivity contribution is -0.0379. The van der Waals surface area contributed by atoms with Crippen molar-refractivity contribution in [3.05, 3.63) is 73.9 Å². The van der Waals surface area contributed by atoms with Gasteiger partial charge in [0.05, 0.1) is 5.54 Å². The van der Waals surface area contributed by atoms with Gasteiger partial charge in [-0.25, -0.2) is 0 Å². The fourth-order valence-electron chi connectivity index (χ4n) is 2.47. The van der Waals surface area contributed by atoms with Crippen LogP contribution in [0.2, 0.25) is 0 Å². The van der Waals surface area contributed by atoms with Crippen molar-refractivity contribution in [3.8, 4) is 0 Å². The zero-order valence-electron chi connectivity index (χ0n) is 11.4. The first-order valence-electron chi connectivity index (χ1n) is 6.43. The molecule has 0 heterocycles. The third-order valence-corrected chi connectivity index (χ3v) is 3.53. The molecular weight excluding hydrogens is 234 g/mol. The van der Waals surface area contributed by atoms with Crippen LogP contribution in [-0.2, 0) is 5.60 Å². The number of hydrogen-bond acceptors (Lipinski definition) is 2. The molecule has 0 saturated heterocycles. The molecule has 1 unspecified atom stereocenters. The van der Waals surface area contributed by atoms with E-state index in [0.29, 0.717) is 19.3 Å². The van der Waals surface area contributed by atoms with E-state index in [-0.39, 0.29) is 0 Å². The van der Waals surface area contributed by atoms with Crippen LogP contribution in [0.25, 0.3) is 0 Å². The van der Waals surface area contributed by atoms with Gasteiger partial charge in [0.15, 0.2) is 0 Å². The van der Waals surface area contributed by atoms with Crippen molar-refractivity contribution >= 4 is 0 Å². The quantitative estimate of drug-likeness (QED) is 0.702. The third-order valence-electron chi connectivity index (χ3n) is 3.53. The Morgan fingerprint density at radius 3 is 1.84 bits per heavy atom. The van der Waals surface area contributed by atoms with Crippen LogP contribution < -0.4 is 5.73 Å². The average molecular weight is 257 g/mol. The summed E-state index contributed by atoms with van der Waals surface area (Å²) in [6.07, 6.45) is 6.55. The molecule has 3 N–H and O–H groups in total. The molecule has 1 aromatic rings. The topological polar surface area (TPSA) is 46.2 Å². The Hall–Kier alpha value is -1.64. The molecule has 0 bridgehead atoms. The molecule has 0 radical (unpaired) electrons. The molecule has 1 rings (SSSR count). The maximum absolute atomic E-state index is 11.2. The smallest absolute Gasteiger partial charge is 0.111 e. The lowest BCUT2D eigenvalue weighted by Gasteiger charge is -2.44. The van der Waals surface area contributed by atoms with Crippen molar-refractivity contribution in [2.45, 2.75) is 30.4 Å². The molecule has 0 saturated carbocycles. The van der Waals surface area contributed by atoms with Crippen LogP contribution in [0.15, 0.2) is 68.3 Å². The maximum Gasteiger partial charge on any atom is 0.111 e. The fourth-order valence-corrected chi connectivity index (χ4v) is 2.47. The van der Waals surface area contributed by atoms with Crippen LogP contribution in [0.1, 0.15) is 24.8 Å². The Morgan fingerprint density at radius 2 is 1.42 bits per heavy atom. The highest BCUT2D eigenvalue weighted by Crippen LogP contribution is 2.39. The Balaban J connectivity index is 3.33. The Bertz CT molecular complexity index is 428. The summed E-state index contributed by atoms with van der Waals surface area (Å²) in [4.78, 5) is 0. The van der Waals surface area contributed by atoms with Crippen LogP contribution in [0.5, 0.6) is 0 Å². The average Bonchev–Trinajstić information content (AvgIpc) is 2.40. The Morgan fingerprint density at radius 1 is 0.947 bits per heavy atom. The first kappa shape index (κ1) is 15.4. The van der Waals surface area contributed by atoms with Gasteiger partial charge in [0.1, 0.15) is 5.60 Å². The molecule has 0 spiro atoms. The molecule has 2 nitrogen and oxygen atoms in total. The van der Waals surface area contributed by atoms with Crippen LogP contribution in [0.4, 0.5) is 0 Å². The van der Waals surface area contributed by atoms with Crippen molar-refractivity contribution in [2.24, 2.45) is 5.73 Å². The number of nitrogens with two attached hydrogens (primary N) is 1. The van der Waals surface area contributed by atoms with Gasteiger partial charge in [0.2, 0.25) is 0 Å². The SMILES string of the molecule is C=CCC(N)(CC=C)C(O)(CC=C)c1ccccc1. The molecule has 0 fully saturated rings. The van der Waals surface area contributed by atoms with Crippen molar-refractivity contribution in [1.82, 2.24) is 0 Å². The first-order valence-corrected chi connectivity index (χ1v) is 6.43. The highest BCUT2D eigenvalue weighted by atomic mass is 16.3. The number of rotatable bonds is 8. The van der Waals surface area contributed by atoms with E-state index in [0.717, 1.165) is 5.56 Å². The van der Waals surface area contributed by atoms with Crippen LogP contribution in [-0.4, -0.2) is 10.6 Å². The van der Waals surface area contributed by atoms with E-state index in [1.807, 2.05) is 30.3 Å². The summed E-state index contributed by atoms with van der Waals surface area (Å²) < 4.78 is 0. The molecule has 102 valence electrons.